The number of carbonyl (C=O) groups excluding carboxylic acids is 1. The van der Waals surface area contributed by atoms with Gasteiger partial charge in [-0.3, -0.25) is 0 Å². The fourth-order valence-electron chi connectivity index (χ4n) is 2.87. The molecule has 6 nitrogen and oxygen atoms in total. The van der Waals surface area contributed by atoms with E-state index < -0.39 is 5.97 Å². The maximum atomic E-state index is 11.9. The minimum atomic E-state index is -0.499. The van der Waals surface area contributed by atoms with Gasteiger partial charge in [0, 0.05) is 10.8 Å². The molecule has 118 valence electrons. The van der Waals surface area contributed by atoms with Crippen molar-refractivity contribution in [2.24, 2.45) is 0 Å². The van der Waals surface area contributed by atoms with Gasteiger partial charge < -0.3 is 4.74 Å². The van der Waals surface area contributed by atoms with E-state index in [-0.39, 0.29) is 5.69 Å². The van der Waals surface area contributed by atoms with Crippen molar-refractivity contribution in [2.75, 3.05) is 7.11 Å². The number of carbonyl (C=O) groups is 1. The number of methoxy groups -OCH3 is 1. The molecule has 0 amide bonds. The molecule has 0 saturated heterocycles. The normalized spacial score (nSPS) is 11.1. The first kappa shape index (κ1) is 14.3. The molecule has 0 saturated carbocycles. The van der Waals surface area contributed by atoms with Crippen LogP contribution in [0.25, 0.3) is 27.5 Å². The van der Waals surface area contributed by atoms with Gasteiger partial charge in [-0.1, -0.05) is 41.6 Å². The van der Waals surface area contributed by atoms with Crippen LogP contribution >= 0.6 is 0 Å². The third-order valence-electron chi connectivity index (χ3n) is 4.04. The highest BCUT2D eigenvalue weighted by Crippen LogP contribution is 2.29. The average molecular weight is 318 g/mol. The van der Waals surface area contributed by atoms with Crippen molar-refractivity contribution in [2.45, 2.75) is 6.92 Å². The Bertz CT molecular complexity index is 1030. The second-order valence-electron chi connectivity index (χ2n) is 5.42. The van der Waals surface area contributed by atoms with Gasteiger partial charge in [0.1, 0.15) is 0 Å². The van der Waals surface area contributed by atoms with E-state index in [4.69, 9.17) is 9.72 Å². The molecule has 0 fully saturated rings. The molecule has 0 N–H and O–H groups in total. The van der Waals surface area contributed by atoms with E-state index in [1.807, 2.05) is 48.5 Å². The highest BCUT2D eigenvalue weighted by Gasteiger charge is 2.20. The molecule has 24 heavy (non-hydrogen) atoms. The van der Waals surface area contributed by atoms with Crippen molar-refractivity contribution in [3.05, 3.63) is 59.9 Å². The standard InChI is InChI=1S/C18H14N4O2/c1-11-16(18(23)24-2)20-21-22(11)17-12-7-3-5-9-14(12)19-15-10-6-4-8-13(15)17/h3-10H,1-2H3. The lowest BCUT2D eigenvalue weighted by molar-refractivity contribution is 0.0593. The van der Waals surface area contributed by atoms with Gasteiger partial charge in [-0.05, 0) is 19.1 Å². The minimum absolute atomic E-state index is 0.211. The Hall–Kier alpha value is -3.28. The van der Waals surface area contributed by atoms with Gasteiger partial charge in [-0.15, -0.1) is 5.10 Å². The number of para-hydroxylation sites is 2. The quantitative estimate of drug-likeness (QED) is 0.419. The summed E-state index contributed by atoms with van der Waals surface area (Å²) in [6.45, 7) is 1.80. The summed E-state index contributed by atoms with van der Waals surface area (Å²) in [5.41, 5.74) is 3.42. The van der Waals surface area contributed by atoms with E-state index in [1.165, 1.54) is 7.11 Å². The molecule has 4 rings (SSSR count). The number of aromatic nitrogens is 4. The molecule has 0 spiro atoms. The van der Waals surface area contributed by atoms with Crippen LogP contribution in [0.15, 0.2) is 48.5 Å². The molecule has 6 heteroatoms. The van der Waals surface area contributed by atoms with Crippen molar-refractivity contribution in [1.29, 1.82) is 0 Å². The second-order valence-corrected chi connectivity index (χ2v) is 5.42. The predicted octanol–water partition coefficient (Wildman–Crippen LogP) is 3.06. The number of rotatable bonds is 2. The van der Waals surface area contributed by atoms with Gasteiger partial charge in [-0.25, -0.2) is 14.5 Å². The van der Waals surface area contributed by atoms with Gasteiger partial charge in [0.05, 0.1) is 29.5 Å². The first-order valence-corrected chi connectivity index (χ1v) is 7.49. The summed E-state index contributed by atoms with van der Waals surface area (Å²) < 4.78 is 6.45. The Morgan fingerprint density at radius 3 is 2.17 bits per heavy atom. The number of hydrogen-bond donors (Lipinski definition) is 0. The monoisotopic (exact) mass is 318 g/mol. The van der Waals surface area contributed by atoms with Crippen molar-refractivity contribution >= 4 is 27.8 Å². The summed E-state index contributed by atoms with van der Waals surface area (Å²) >= 11 is 0. The SMILES string of the molecule is COC(=O)c1nnn(-c2c3ccccc3nc3ccccc23)c1C. The zero-order valence-corrected chi connectivity index (χ0v) is 13.2. The summed E-state index contributed by atoms with van der Waals surface area (Å²) in [6.07, 6.45) is 0. The maximum Gasteiger partial charge on any atom is 0.360 e. The number of pyridine rings is 1. The van der Waals surface area contributed by atoms with Crippen LogP contribution in [0.5, 0.6) is 0 Å². The van der Waals surface area contributed by atoms with E-state index in [0.717, 1.165) is 27.5 Å². The Labute approximate surface area is 137 Å². The Balaban J connectivity index is 2.12. The third-order valence-corrected chi connectivity index (χ3v) is 4.04. The molecule has 4 aromatic rings. The number of fused-ring (bicyclic) bond motifs is 2. The lowest BCUT2D eigenvalue weighted by atomic mass is 10.1. The summed E-state index contributed by atoms with van der Waals surface area (Å²) in [4.78, 5) is 16.6. The van der Waals surface area contributed by atoms with Crippen LogP contribution in [-0.2, 0) is 4.74 Å². The Kier molecular flexibility index (Phi) is 3.23. The topological polar surface area (TPSA) is 69.9 Å². The van der Waals surface area contributed by atoms with Crippen molar-refractivity contribution in [1.82, 2.24) is 20.0 Å². The zero-order chi connectivity index (χ0) is 16.7. The zero-order valence-electron chi connectivity index (χ0n) is 13.2. The third kappa shape index (κ3) is 2.04. The summed E-state index contributed by atoms with van der Waals surface area (Å²) in [5.74, 6) is -0.499. The first-order valence-electron chi connectivity index (χ1n) is 7.49. The van der Waals surface area contributed by atoms with Crippen LogP contribution in [0.4, 0.5) is 0 Å². The fourth-order valence-corrected chi connectivity index (χ4v) is 2.87. The Morgan fingerprint density at radius 1 is 1.00 bits per heavy atom. The molecule has 0 aliphatic heterocycles. The molecule has 0 bridgehead atoms. The van der Waals surface area contributed by atoms with Crippen LogP contribution in [0.3, 0.4) is 0 Å². The maximum absolute atomic E-state index is 11.9. The molecule has 0 atom stereocenters. The van der Waals surface area contributed by atoms with Gasteiger partial charge in [0.15, 0.2) is 5.69 Å². The van der Waals surface area contributed by atoms with E-state index in [0.29, 0.717) is 5.69 Å². The first-order chi connectivity index (χ1) is 11.7. The van der Waals surface area contributed by atoms with Gasteiger partial charge >= 0.3 is 5.97 Å². The van der Waals surface area contributed by atoms with E-state index in [1.54, 1.807) is 11.6 Å². The fraction of sp³-hybridized carbons (Fsp3) is 0.111. The average Bonchev–Trinajstić information content (AvgIpc) is 3.00. The number of hydrogen-bond acceptors (Lipinski definition) is 5. The van der Waals surface area contributed by atoms with Crippen LogP contribution in [0.1, 0.15) is 16.2 Å². The highest BCUT2D eigenvalue weighted by molar-refractivity contribution is 6.03. The minimum Gasteiger partial charge on any atom is -0.464 e. The molecular weight excluding hydrogens is 304 g/mol. The number of ether oxygens (including phenoxy) is 1. The summed E-state index contributed by atoms with van der Waals surface area (Å²) in [7, 11) is 1.33. The van der Waals surface area contributed by atoms with Crippen LogP contribution in [0.2, 0.25) is 0 Å². The molecule has 0 radical (unpaired) electrons. The van der Waals surface area contributed by atoms with Gasteiger partial charge in [0.25, 0.3) is 0 Å². The molecule has 0 aliphatic carbocycles. The number of benzene rings is 2. The predicted molar refractivity (Wildman–Crippen MR) is 90.2 cm³/mol. The van der Waals surface area contributed by atoms with E-state index in [2.05, 4.69) is 10.3 Å². The molecule has 2 aromatic heterocycles. The lowest BCUT2D eigenvalue weighted by Gasteiger charge is -2.11. The van der Waals surface area contributed by atoms with Crippen molar-refractivity contribution < 1.29 is 9.53 Å². The highest BCUT2D eigenvalue weighted by atomic mass is 16.5. The van der Waals surface area contributed by atoms with Crippen molar-refractivity contribution in [3.63, 3.8) is 0 Å². The van der Waals surface area contributed by atoms with Crippen LogP contribution in [-0.4, -0.2) is 33.1 Å². The largest absolute Gasteiger partial charge is 0.464 e. The van der Waals surface area contributed by atoms with E-state index in [9.17, 15) is 4.79 Å². The second kappa shape index (κ2) is 5.42. The molecular formula is C18H14N4O2. The number of nitrogens with zero attached hydrogens (tertiary/aromatic N) is 4. The van der Waals surface area contributed by atoms with Crippen LogP contribution < -0.4 is 0 Å². The van der Waals surface area contributed by atoms with E-state index >= 15 is 0 Å². The molecule has 2 aromatic carbocycles. The van der Waals surface area contributed by atoms with Crippen molar-refractivity contribution in [3.8, 4) is 5.69 Å². The number of esters is 1. The van der Waals surface area contributed by atoms with Crippen LogP contribution in [0, 0.1) is 6.92 Å². The van der Waals surface area contributed by atoms with Gasteiger partial charge in [-0.2, -0.15) is 0 Å². The molecule has 2 heterocycles. The molecule has 0 unspecified atom stereocenters. The molecule has 0 aliphatic rings. The van der Waals surface area contributed by atoms with Gasteiger partial charge in [0.2, 0.25) is 0 Å². The lowest BCUT2D eigenvalue weighted by Crippen LogP contribution is -2.06. The summed E-state index contributed by atoms with van der Waals surface area (Å²) in [5, 5.41) is 10.1. The summed E-state index contributed by atoms with van der Waals surface area (Å²) in [6, 6.07) is 15.7. The smallest absolute Gasteiger partial charge is 0.360 e. The Morgan fingerprint density at radius 2 is 1.58 bits per heavy atom.